The van der Waals surface area contributed by atoms with Crippen molar-refractivity contribution in [2.45, 2.75) is 0 Å². The zero-order chi connectivity index (χ0) is 10.3. The summed E-state index contributed by atoms with van der Waals surface area (Å²) < 4.78 is 0. The SMILES string of the molecule is c1ccc2ncccc2c1.c1nc[nH]n1. The highest BCUT2D eigenvalue weighted by atomic mass is 15.2. The minimum absolute atomic E-state index is 1.06. The molecule has 0 atom stereocenters. The molecule has 0 radical (unpaired) electrons. The van der Waals surface area contributed by atoms with Crippen LogP contribution in [0.4, 0.5) is 0 Å². The van der Waals surface area contributed by atoms with E-state index in [0.29, 0.717) is 0 Å². The van der Waals surface area contributed by atoms with E-state index in [9.17, 15) is 0 Å². The van der Waals surface area contributed by atoms with Gasteiger partial charge in [0.25, 0.3) is 0 Å². The highest BCUT2D eigenvalue weighted by Gasteiger charge is 1.86. The van der Waals surface area contributed by atoms with E-state index in [2.05, 4.69) is 32.3 Å². The lowest BCUT2D eigenvalue weighted by Gasteiger charge is -1.91. The predicted octanol–water partition coefficient (Wildman–Crippen LogP) is 2.04. The fourth-order valence-electron chi connectivity index (χ4n) is 1.18. The molecule has 4 nitrogen and oxygen atoms in total. The molecule has 0 bridgehead atoms. The molecule has 15 heavy (non-hydrogen) atoms. The van der Waals surface area contributed by atoms with E-state index in [1.54, 1.807) is 0 Å². The molecule has 0 aliphatic rings. The molecule has 74 valence electrons. The van der Waals surface area contributed by atoms with Crippen molar-refractivity contribution in [1.29, 1.82) is 0 Å². The maximum Gasteiger partial charge on any atom is 0.137 e. The molecule has 2 heterocycles. The first-order chi connectivity index (χ1) is 7.47. The van der Waals surface area contributed by atoms with Crippen molar-refractivity contribution in [2.24, 2.45) is 0 Å². The number of aromatic amines is 1. The van der Waals surface area contributed by atoms with Crippen LogP contribution in [-0.2, 0) is 0 Å². The maximum absolute atomic E-state index is 4.18. The van der Waals surface area contributed by atoms with Crippen LogP contribution in [0.15, 0.2) is 55.2 Å². The summed E-state index contributed by atoms with van der Waals surface area (Å²) in [7, 11) is 0. The van der Waals surface area contributed by atoms with E-state index in [1.165, 1.54) is 18.0 Å². The second kappa shape index (κ2) is 4.85. The van der Waals surface area contributed by atoms with Gasteiger partial charge in [0.15, 0.2) is 0 Å². The Morgan fingerprint density at radius 1 is 1.00 bits per heavy atom. The first-order valence-electron chi connectivity index (χ1n) is 4.55. The van der Waals surface area contributed by atoms with Crippen molar-refractivity contribution in [1.82, 2.24) is 20.2 Å². The molecule has 0 aliphatic heterocycles. The summed E-state index contributed by atoms with van der Waals surface area (Å²) in [6.07, 6.45) is 4.77. The van der Waals surface area contributed by atoms with Crippen molar-refractivity contribution in [2.75, 3.05) is 0 Å². The summed E-state index contributed by atoms with van der Waals surface area (Å²) in [5, 5.41) is 7.19. The van der Waals surface area contributed by atoms with E-state index in [1.807, 2.05) is 30.5 Å². The second-order valence-corrected chi connectivity index (χ2v) is 2.85. The van der Waals surface area contributed by atoms with Crippen LogP contribution in [0, 0.1) is 0 Å². The third-order valence-electron chi connectivity index (χ3n) is 1.84. The lowest BCUT2D eigenvalue weighted by molar-refractivity contribution is 1.09. The van der Waals surface area contributed by atoms with Crippen LogP contribution in [0.3, 0.4) is 0 Å². The van der Waals surface area contributed by atoms with E-state index in [4.69, 9.17) is 0 Å². The van der Waals surface area contributed by atoms with Crippen LogP contribution in [0.25, 0.3) is 10.9 Å². The summed E-state index contributed by atoms with van der Waals surface area (Å²) in [6.45, 7) is 0. The Bertz CT molecular complexity index is 422. The van der Waals surface area contributed by atoms with E-state index in [0.717, 1.165) is 5.52 Å². The zero-order valence-electron chi connectivity index (χ0n) is 8.04. The van der Waals surface area contributed by atoms with Gasteiger partial charge >= 0.3 is 0 Å². The predicted molar refractivity (Wildman–Crippen MR) is 58.1 cm³/mol. The van der Waals surface area contributed by atoms with Gasteiger partial charge in [0.05, 0.1) is 5.52 Å². The van der Waals surface area contributed by atoms with Crippen LogP contribution in [-0.4, -0.2) is 20.2 Å². The largest absolute Gasteiger partial charge is 0.266 e. The molecule has 0 fully saturated rings. The van der Waals surface area contributed by atoms with Crippen LogP contribution < -0.4 is 0 Å². The van der Waals surface area contributed by atoms with Crippen molar-refractivity contribution < 1.29 is 0 Å². The van der Waals surface area contributed by atoms with Gasteiger partial charge in [-0.3, -0.25) is 10.1 Å². The van der Waals surface area contributed by atoms with Gasteiger partial charge in [-0.15, -0.1) is 0 Å². The number of benzene rings is 1. The van der Waals surface area contributed by atoms with Gasteiger partial charge in [0.2, 0.25) is 0 Å². The molecule has 0 amide bonds. The maximum atomic E-state index is 4.18. The first-order valence-corrected chi connectivity index (χ1v) is 4.55. The Labute approximate surface area is 87.0 Å². The third kappa shape index (κ3) is 2.60. The average molecular weight is 198 g/mol. The normalized spacial score (nSPS) is 9.33. The Balaban J connectivity index is 0.000000144. The minimum Gasteiger partial charge on any atom is -0.266 e. The van der Waals surface area contributed by atoms with E-state index >= 15 is 0 Å². The molecular formula is C11H10N4. The van der Waals surface area contributed by atoms with E-state index in [-0.39, 0.29) is 0 Å². The van der Waals surface area contributed by atoms with E-state index < -0.39 is 0 Å². The second-order valence-electron chi connectivity index (χ2n) is 2.85. The van der Waals surface area contributed by atoms with Crippen molar-refractivity contribution >= 4 is 10.9 Å². The van der Waals surface area contributed by atoms with Gasteiger partial charge in [0, 0.05) is 11.6 Å². The van der Waals surface area contributed by atoms with Crippen molar-refractivity contribution in [3.05, 3.63) is 55.2 Å². The summed E-state index contributed by atoms with van der Waals surface area (Å²) >= 11 is 0. The molecule has 3 rings (SSSR count). The van der Waals surface area contributed by atoms with Crippen LogP contribution in [0.5, 0.6) is 0 Å². The molecule has 0 saturated carbocycles. The number of rotatable bonds is 0. The number of para-hydroxylation sites is 1. The summed E-state index contributed by atoms with van der Waals surface area (Å²) in [6, 6.07) is 12.1. The van der Waals surface area contributed by atoms with Crippen LogP contribution in [0.1, 0.15) is 0 Å². The Morgan fingerprint density at radius 2 is 1.87 bits per heavy atom. The highest BCUT2D eigenvalue weighted by molar-refractivity contribution is 5.77. The third-order valence-corrected chi connectivity index (χ3v) is 1.84. The van der Waals surface area contributed by atoms with Crippen molar-refractivity contribution in [3.8, 4) is 0 Å². The molecular weight excluding hydrogens is 188 g/mol. The lowest BCUT2D eigenvalue weighted by atomic mass is 10.2. The summed E-state index contributed by atoms with van der Waals surface area (Å²) in [5.74, 6) is 0. The van der Waals surface area contributed by atoms with Gasteiger partial charge in [-0.2, -0.15) is 5.10 Å². The molecule has 0 unspecified atom stereocenters. The number of pyridine rings is 1. The topological polar surface area (TPSA) is 54.5 Å². The zero-order valence-corrected chi connectivity index (χ0v) is 8.04. The summed E-state index contributed by atoms with van der Waals surface area (Å²) in [5.41, 5.74) is 1.06. The molecule has 2 aromatic heterocycles. The molecule has 1 aromatic carbocycles. The fraction of sp³-hybridized carbons (Fsp3) is 0. The van der Waals surface area contributed by atoms with Crippen molar-refractivity contribution in [3.63, 3.8) is 0 Å². The number of hydrogen-bond donors (Lipinski definition) is 1. The smallest absolute Gasteiger partial charge is 0.137 e. The Kier molecular flexibility index (Phi) is 3.02. The summed E-state index contributed by atoms with van der Waals surface area (Å²) in [4.78, 5) is 7.74. The molecule has 0 spiro atoms. The molecule has 0 saturated heterocycles. The molecule has 4 heteroatoms. The Hall–Kier alpha value is -2.23. The molecule has 3 aromatic rings. The number of fused-ring (bicyclic) bond motifs is 1. The number of nitrogens with one attached hydrogen (secondary N) is 1. The number of hydrogen-bond acceptors (Lipinski definition) is 3. The van der Waals surface area contributed by atoms with Gasteiger partial charge in [-0.05, 0) is 12.1 Å². The number of H-pyrrole nitrogens is 1. The molecule has 0 aliphatic carbocycles. The first kappa shape index (κ1) is 9.33. The average Bonchev–Trinajstić information content (AvgIpc) is 2.88. The van der Waals surface area contributed by atoms with Gasteiger partial charge in [-0.25, -0.2) is 4.98 Å². The standard InChI is InChI=1S/C9H7N.C2H3N3/c1-2-6-9-8(4-1)5-3-7-10-9;1-3-2-5-4-1/h1-7H;1-2H,(H,3,4,5). The lowest BCUT2D eigenvalue weighted by Crippen LogP contribution is -1.73. The monoisotopic (exact) mass is 198 g/mol. The fourth-order valence-corrected chi connectivity index (χ4v) is 1.18. The van der Waals surface area contributed by atoms with Gasteiger partial charge < -0.3 is 0 Å². The quantitative estimate of drug-likeness (QED) is 0.601. The number of aromatic nitrogens is 4. The minimum atomic E-state index is 1.06. The highest BCUT2D eigenvalue weighted by Crippen LogP contribution is 2.07. The van der Waals surface area contributed by atoms with Gasteiger partial charge in [-0.1, -0.05) is 24.3 Å². The Morgan fingerprint density at radius 3 is 2.53 bits per heavy atom. The van der Waals surface area contributed by atoms with Crippen LogP contribution >= 0.6 is 0 Å². The molecule has 1 N–H and O–H groups in total. The number of nitrogens with zero attached hydrogens (tertiary/aromatic N) is 3. The van der Waals surface area contributed by atoms with Crippen LogP contribution in [0.2, 0.25) is 0 Å². The van der Waals surface area contributed by atoms with Gasteiger partial charge in [0.1, 0.15) is 12.7 Å².